The van der Waals surface area contributed by atoms with Crippen LogP contribution >= 0.6 is 11.8 Å². The van der Waals surface area contributed by atoms with Crippen LogP contribution in [0.5, 0.6) is 0 Å². The lowest BCUT2D eigenvalue weighted by Crippen LogP contribution is -2.28. The van der Waals surface area contributed by atoms with Gasteiger partial charge in [0.2, 0.25) is 0 Å². The highest BCUT2D eigenvalue weighted by Crippen LogP contribution is 2.44. The molecule has 0 saturated heterocycles. The number of amidine groups is 1. The monoisotopic (exact) mass is 276 g/mol. The third-order valence-electron chi connectivity index (χ3n) is 3.46. The molecule has 4 nitrogen and oxygen atoms in total. The van der Waals surface area contributed by atoms with Gasteiger partial charge in [0, 0.05) is 4.90 Å². The number of fused-ring (bicyclic) bond motifs is 3. The van der Waals surface area contributed by atoms with Crippen LogP contribution in [0.2, 0.25) is 0 Å². The number of carboxylic acids is 1. The second-order valence-electron chi connectivity index (χ2n) is 5.91. The lowest BCUT2D eigenvalue weighted by Gasteiger charge is -2.20. The van der Waals surface area contributed by atoms with Crippen LogP contribution in [-0.4, -0.2) is 28.8 Å². The molecule has 1 atom stereocenters. The van der Waals surface area contributed by atoms with Gasteiger partial charge in [-0.15, -0.1) is 0 Å². The van der Waals surface area contributed by atoms with Crippen LogP contribution < -0.4 is 4.90 Å². The van der Waals surface area contributed by atoms with E-state index in [1.807, 2.05) is 4.90 Å². The molecular weight excluding hydrogens is 260 g/mol. The fraction of sp³-hybridized carbons (Fsp3) is 0.429. The van der Waals surface area contributed by atoms with Crippen molar-refractivity contribution < 1.29 is 9.90 Å². The first-order valence-electron chi connectivity index (χ1n) is 6.27. The van der Waals surface area contributed by atoms with Crippen molar-refractivity contribution in [2.45, 2.75) is 37.1 Å². The number of hydrogen-bond acceptors (Lipinski definition) is 4. The summed E-state index contributed by atoms with van der Waals surface area (Å²) in [7, 11) is 0. The third kappa shape index (κ3) is 2.02. The molecule has 1 unspecified atom stereocenters. The summed E-state index contributed by atoms with van der Waals surface area (Å²) < 4.78 is 0. The predicted octanol–water partition coefficient (Wildman–Crippen LogP) is 2.72. The van der Waals surface area contributed by atoms with E-state index in [1.54, 1.807) is 11.8 Å². The van der Waals surface area contributed by atoms with E-state index in [9.17, 15) is 4.79 Å². The summed E-state index contributed by atoms with van der Waals surface area (Å²) in [5.41, 5.74) is 2.49. The second-order valence-corrected chi connectivity index (χ2v) is 6.92. The van der Waals surface area contributed by atoms with E-state index < -0.39 is 12.0 Å². The van der Waals surface area contributed by atoms with Crippen LogP contribution in [0.4, 0.5) is 5.69 Å². The maximum atomic E-state index is 11.0. The molecule has 1 aromatic carbocycles. The first-order chi connectivity index (χ1) is 8.86. The molecule has 100 valence electrons. The van der Waals surface area contributed by atoms with Crippen molar-refractivity contribution in [1.82, 2.24) is 0 Å². The number of aliphatic carboxylic acids is 1. The number of nitrogens with zero attached hydrogens (tertiary/aromatic N) is 2. The average molecular weight is 276 g/mol. The number of rotatable bonds is 1. The molecule has 1 N–H and O–H groups in total. The molecular formula is C14H16N2O2S. The van der Waals surface area contributed by atoms with Crippen LogP contribution in [0.3, 0.4) is 0 Å². The highest BCUT2D eigenvalue weighted by molar-refractivity contribution is 8.14. The SMILES string of the molecule is CC(C)(C)c1ccc2c(c1)SC1=NC(C(=O)O)CN12. The molecule has 0 bridgehead atoms. The van der Waals surface area contributed by atoms with Crippen LogP contribution in [0.25, 0.3) is 0 Å². The number of aliphatic imine (C=N–C) groups is 1. The molecule has 19 heavy (non-hydrogen) atoms. The van der Waals surface area contributed by atoms with Crippen molar-refractivity contribution in [1.29, 1.82) is 0 Å². The highest BCUT2D eigenvalue weighted by atomic mass is 32.2. The minimum atomic E-state index is -0.852. The van der Waals surface area contributed by atoms with Crippen molar-refractivity contribution >= 4 is 28.6 Å². The molecule has 3 rings (SSSR count). The van der Waals surface area contributed by atoms with Crippen LogP contribution in [0, 0.1) is 0 Å². The Morgan fingerprint density at radius 1 is 1.47 bits per heavy atom. The van der Waals surface area contributed by atoms with Crippen molar-refractivity contribution in [3.63, 3.8) is 0 Å². The molecule has 0 saturated carbocycles. The summed E-state index contributed by atoms with van der Waals surface area (Å²) >= 11 is 1.57. The zero-order valence-corrected chi connectivity index (χ0v) is 12.0. The summed E-state index contributed by atoms with van der Waals surface area (Å²) in [6.07, 6.45) is 0. The normalized spacial score (nSPS) is 21.1. The van der Waals surface area contributed by atoms with Crippen molar-refractivity contribution in [3.05, 3.63) is 23.8 Å². The summed E-state index contributed by atoms with van der Waals surface area (Å²) in [6.45, 7) is 7.01. The lowest BCUT2D eigenvalue weighted by molar-refractivity contribution is -0.138. The molecule has 0 fully saturated rings. The van der Waals surface area contributed by atoms with E-state index in [2.05, 4.69) is 44.0 Å². The quantitative estimate of drug-likeness (QED) is 0.857. The van der Waals surface area contributed by atoms with Crippen molar-refractivity contribution in [2.24, 2.45) is 4.99 Å². The molecule has 2 aliphatic heterocycles. The Balaban J connectivity index is 1.95. The van der Waals surface area contributed by atoms with E-state index in [4.69, 9.17) is 5.11 Å². The number of carbonyl (C=O) groups is 1. The smallest absolute Gasteiger partial charge is 0.330 e. The maximum Gasteiger partial charge on any atom is 0.330 e. The number of hydrogen-bond donors (Lipinski definition) is 1. The van der Waals surface area contributed by atoms with E-state index in [0.717, 1.165) is 10.9 Å². The first kappa shape index (κ1) is 12.5. The standard InChI is InChI=1S/C14H16N2O2S/c1-14(2,3)8-4-5-10-11(6-8)19-13-15-9(12(17)18)7-16(10)13/h4-6,9H,7H2,1-3H3,(H,17,18). The van der Waals surface area contributed by atoms with E-state index in [1.165, 1.54) is 10.5 Å². The second kappa shape index (κ2) is 4.00. The summed E-state index contributed by atoms with van der Waals surface area (Å²) in [4.78, 5) is 18.4. The topological polar surface area (TPSA) is 52.9 Å². The minimum absolute atomic E-state index is 0.119. The Morgan fingerprint density at radius 2 is 2.21 bits per heavy atom. The average Bonchev–Trinajstić information content (AvgIpc) is 2.83. The third-order valence-corrected chi connectivity index (χ3v) is 4.51. The first-order valence-corrected chi connectivity index (χ1v) is 7.08. The predicted molar refractivity (Wildman–Crippen MR) is 77.2 cm³/mol. The minimum Gasteiger partial charge on any atom is -0.480 e. The maximum absolute atomic E-state index is 11.0. The van der Waals surface area contributed by atoms with Crippen LogP contribution in [0.1, 0.15) is 26.3 Å². The van der Waals surface area contributed by atoms with E-state index in [-0.39, 0.29) is 5.41 Å². The molecule has 0 aromatic heterocycles. The zero-order valence-electron chi connectivity index (χ0n) is 11.2. The van der Waals surface area contributed by atoms with Gasteiger partial charge in [0.15, 0.2) is 11.2 Å². The Hall–Kier alpha value is -1.49. The number of benzene rings is 1. The van der Waals surface area contributed by atoms with Gasteiger partial charge in [-0.1, -0.05) is 26.8 Å². The zero-order chi connectivity index (χ0) is 13.8. The Kier molecular flexibility index (Phi) is 2.64. The van der Waals surface area contributed by atoms with Crippen molar-refractivity contribution in [3.8, 4) is 0 Å². The van der Waals surface area contributed by atoms with Gasteiger partial charge in [0.05, 0.1) is 12.2 Å². The van der Waals surface area contributed by atoms with E-state index >= 15 is 0 Å². The Morgan fingerprint density at radius 3 is 2.84 bits per heavy atom. The van der Waals surface area contributed by atoms with Crippen LogP contribution in [0.15, 0.2) is 28.1 Å². The van der Waals surface area contributed by atoms with Gasteiger partial charge in [-0.05, 0) is 34.9 Å². The lowest BCUT2D eigenvalue weighted by atomic mass is 9.87. The molecule has 1 aromatic rings. The van der Waals surface area contributed by atoms with Gasteiger partial charge in [0.1, 0.15) is 0 Å². The Bertz CT molecular complexity index is 590. The molecule has 0 spiro atoms. The molecule has 2 aliphatic rings. The number of thioether (sulfide) groups is 1. The van der Waals surface area contributed by atoms with Gasteiger partial charge < -0.3 is 10.0 Å². The summed E-state index contributed by atoms with van der Waals surface area (Å²) in [6, 6.07) is 5.76. The molecule has 0 radical (unpaired) electrons. The number of anilines is 1. The molecule has 2 heterocycles. The van der Waals surface area contributed by atoms with Gasteiger partial charge >= 0.3 is 5.97 Å². The number of carboxylic acid groups (broad SMARTS) is 1. The fourth-order valence-electron chi connectivity index (χ4n) is 2.29. The molecule has 0 amide bonds. The molecule has 0 aliphatic carbocycles. The molecule has 5 heteroatoms. The highest BCUT2D eigenvalue weighted by Gasteiger charge is 2.37. The van der Waals surface area contributed by atoms with Gasteiger partial charge in [-0.3, -0.25) is 0 Å². The largest absolute Gasteiger partial charge is 0.480 e. The van der Waals surface area contributed by atoms with Gasteiger partial charge in [-0.2, -0.15) is 0 Å². The van der Waals surface area contributed by atoms with E-state index in [0.29, 0.717) is 6.54 Å². The fourth-order valence-corrected chi connectivity index (χ4v) is 3.42. The summed E-state index contributed by atoms with van der Waals surface area (Å²) in [5, 5.41) is 9.84. The van der Waals surface area contributed by atoms with Crippen LogP contribution in [-0.2, 0) is 10.2 Å². The Labute approximate surface area is 116 Å². The van der Waals surface area contributed by atoms with Gasteiger partial charge in [-0.25, -0.2) is 9.79 Å². The van der Waals surface area contributed by atoms with Gasteiger partial charge in [0.25, 0.3) is 0 Å². The van der Waals surface area contributed by atoms with Crippen molar-refractivity contribution in [2.75, 3.05) is 11.4 Å². The summed E-state index contributed by atoms with van der Waals surface area (Å²) in [5.74, 6) is -0.852.